The monoisotopic (exact) mass is 355 g/mol. The smallest absolute Gasteiger partial charge is 0.317 e. The van der Waals surface area contributed by atoms with Gasteiger partial charge in [0.1, 0.15) is 5.92 Å². The molecule has 1 atom stereocenters. The summed E-state index contributed by atoms with van der Waals surface area (Å²) in [6.45, 7) is 2.29. The van der Waals surface area contributed by atoms with Gasteiger partial charge in [0.25, 0.3) is 0 Å². The summed E-state index contributed by atoms with van der Waals surface area (Å²) in [7, 11) is 0. The van der Waals surface area contributed by atoms with Crippen LogP contribution in [0, 0.1) is 0 Å². The molecular weight excluding hydrogens is 334 g/mol. The molecule has 0 radical (unpaired) electrons. The lowest BCUT2D eigenvalue weighted by Gasteiger charge is -2.36. The number of hydrogen-bond donors (Lipinski definition) is 2. The van der Waals surface area contributed by atoms with Crippen molar-refractivity contribution >= 4 is 11.9 Å². The third-order valence-corrected chi connectivity index (χ3v) is 4.86. The number of carbonyl (C=O) groups excluding carboxylic acids is 2. The number of likely N-dealkylation sites (tertiary alicyclic amines) is 1. The zero-order valence-corrected chi connectivity index (χ0v) is 14.4. The number of benzene rings is 1. The number of amides is 3. The Morgan fingerprint density at radius 2 is 2.12 bits per heavy atom. The second-order valence-electron chi connectivity index (χ2n) is 6.72. The number of urea groups is 1. The van der Waals surface area contributed by atoms with E-state index in [1.807, 2.05) is 30.3 Å². The minimum atomic E-state index is -0.327. The van der Waals surface area contributed by atoms with Gasteiger partial charge in [-0.05, 0) is 18.4 Å². The summed E-state index contributed by atoms with van der Waals surface area (Å²) in [6, 6.07) is 9.68. The molecular formula is C18H21N5O3. The van der Waals surface area contributed by atoms with E-state index in [-0.39, 0.29) is 23.8 Å². The SMILES string of the molecule is O=C1NCCCC1c1noc(C2CN(C(=O)NCc3ccccc3)C2)n1. The Morgan fingerprint density at radius 3 is 2.88 bits per heavy atom. The largest absolute Gasteiger partial charge is 0.355 e. The van der Waals surface area contributed by atoms with Gasteiger partial charge in [0.15, 0.2) is 5.82 Å². The number of nitrogens with zero attached hydrogens (tertiary/aromatic N) is 3. The van der Waals surface area contributed by atoms with Crippen molar-refractivity contribution in [3.8, 4) is 0 Å². The van der Waals surface area contributed by atoms with Crippen LogP contribution in [0.15, 0.2) is 34.9 Å². The van der Waals surface area contributed by atoms with Crippen molar-refractivity contribution in [1.82, 2.24) is 25.7 Å². The lowest BCUT2D eigenvalue weighted by atomic mass is 9.97. The summed E-state index contributed by atoms with van der Waals surface area (Å²) in [6.07, 6.45) is 1.66. The Bertz CT molecular complexity index is 785. The van der Waals surface area contributed by atoms with Crippen LogP contribution in [0.2, 0.25) is 0 Å². The van der Waals surface area contributed by atoms with E-state index in [2.05, 4.69) is 20.8 Å². The highest BCUT2D eigenvalue weighted by Gasteiger charge is 2.37. The van der Waals surface area contributed by atoms with Gasteiger partial charge in [-0.1, -0.05) is 35.5 Å². The zero-order valence-electron chi connectivity index (χ0n) is 14.4. The molecule has 0 saturated carbocycles. The highest BCUT2D eigenvalue weighted by molar-refractivity contribution is 5.83. The molecule has 1 unspecified atom stereocenters. The Labute approximate surface area is 150 Å². The van der Waals surface area contributed by atoms with Crippen LogP contribution in [0.5, 0.6) is 0 Å². The Kier molecular flexibility index (Phi) is 4.55. The Balaban J connectivity index is 1.28. The van der Waals surface area contributed by atoms with E-state index in [1.54, 1.807) is 4.90 Å². The van der Waals surface area contributed by atoms with Crippen molar-refractivity contribution in [2.45, 2.75) is 31.2 Å². The zero-order chi connectivity index (χ0) is 17.9. The molecule has 2 aliphatic rings. The molecule has 3 amide bonds. The minimum Gasteiger partial charge on any atom is -0.355 e. The van der Waals surface area contributed by atoms with Gasteiger partial charge >= 0.3 is 6.03 Å². The molecule has 136 valence electrons. The number of hydrogen-bond acceptors (Lipinski definition) is 5. The van der Waals surface area contributed by atoms with Gasteiger partial charge in [-0.25, -0.2) is 4.79 Å². The molecule has 3 heterocycles. The standard InChI is InChI=1S/C18H21N5O3/c24-16-14(7-4-8-19-16)15-21-17(26-22-15)13-10-23(11-13)18(25)20-9-12-5-2-1-3-6-12/h1-3,5-6,13-14H,4,7-11H2,(H,19,24)(H,20,25). The van der Waals surface area contributed by atoms with Crippen LogP contribution in [0.25, 0.3) is 0 Å². The van der Waals surface area contributed by atoms with Gasteiger partial charge in [-0.15, -0.1) is 0 Å². The third-order valence-electron chi connectivity index (χ3n) is 4.86. The van der Waals surface area contributed by atoms with Gasteiger partial charge in [-0.2, -0.15) is 4.98 Å². The van der Waals surface area contributed by atoms with Crippen LogP contribution in [-0.2, 0) is 11.3 Å². The predicted octanol–water partition coefficient (Wildman–Crippen LogP) is 1.37. The van der Waals surface area contributed by atoms with E-state index < -0.39 is 0 Å². The number of nitrogens with one attached hydrogen (secondary N) is 2. The van der Waals surface area contributed by atoms with Crippen LogP contribution in [0.4, 0.5) is 4.79 Å². The van der Waals surface area contributed by atoms with E-state index in [4.69, 9.17) is 4.52 Å². The molecule has 2 aromatic rings. The lowest BCUT2D eigenvalue weighted by molar-refractivity contribution is -0.124. The fourth-order valence-electron chi connectivity index (χ4n) is 3.26. The molecule has 2 N–H and O–H groups in total. The first-order chi connectivity index (χ1) is 12.7. The molecule has 2 saturated heterocycles. The first-order valence-electron chi connectivity index (χ1n) is 8.88. The van der Waals surface area contributed by atoms with Crippen LogP contribution in [0.1, 0.15) is 42.0 Å². The fourth-order valence-corrected chi connectivity index (χ4v) is 3.26. The van der Waals surface area contributed by atoms with Gasteiger partial charge in [0, 0.05) is 26.2 Å². The summed E-state index contributed by atoms with van der Waals surface area (Å²) >= 11 is 0. The lowest BCUT2D eigenvalue weighted by Crippen LogP contribution is -2.52. The first-order valence-corrected chi connectivity index (χ1v) is 8.88. The topological polar surface area (TPSA) is 100 Å². The van der Waals surface area contributed by atoms with Crippen LogP contribution in [0.3, 0.4) is 0 Å². The molecule has 4 rings (SSSR count). The highest BCUT2D eigenvalue weighted by Crippen LogP contribution is 2.28. The summed E-state index contributed by atoms with van der Waals surface area (Å²) in [5.41, 5.74) is 1.06. The van der Waals surface area contributed by atoms with E-state index in [0.29, 0.717) is 37.9 Å². The third kappa shape index (κ3) is 3.40. The molecule has 0 spiro atoms. The van der Waals surface area contributed by atoms with Crippen molar-refractivity contribution < 1.29 is 14.1 Å². The van der Waals surface area contributed by atoms with Crippen molar-refractivity contribution in [3.05, 3.63) is 47.6 Å². The molecule has 2 aliphatic heterocycles. The molecule has 1 aromatic heterocycles. The van der Waals surface area contributed by atoms with Crippen molar-refractivity contribution in [3.63, 3.8) is 0 Å². The Hall–Kier alpha value is -2.90. The maximum atomic E-state index is 12.2. The predicted molar refractivity (Wildman–Crippen MR) is 92.3 cm³/mol. The molecule has 2 fully saturated rings. The van der Waals surface area contributed by atoms with Crippen molar-refractivity contribution in [2.24, 2.45) is 0 Å². The maximum absolute atomic E-state index is 12.2. The van der Waals surface area contributed by atoms with E-state index in [9.17, 15) is 9.59 Å². The molecule has 0 bridgehead atoms. The summed E-state index contributed by atoms with van der Waals surface area (Å²) in [5.74, 6) is 0.616. The highest BCUT2D eigenvalue weighted by atomic mass is 16.5. The molecule has 0 aliphatic carbocycles. The number of aromatic nitrogens is 2. The Morgan fingerprint density at radius 1 is 1.31 bits per heavy atom. The number of piperidine rings is 1. The molecule has 1 aromatic carbocycles. The van der Waals surface area contributed by atoms with E-state index in [1.165, 1.54) is 0 Å². The van der Waals surface area contributed by atoms with Crippen molar-refractivity contribution in [1.29, 1.82) is 0 Å². The van der Waals surface area contributed by atoms with Gasteiger partial charge in [0.05, 0.1) is 5.92 Å². The van der Waals surface area contributed by atoms with Crippen molar-refractivity contribution in [2.75, 3.05) is 19.6 Å². The van der Waals surface area contributed by atoms with Gasteiger partial charge in [-0.3, -0.25) is 4.79 Å². The molecule has 26 heavy (non-hydrogen) atoms. The summed E-state index contributed by atoms with van der Waals surface area (Å²) in [4.78, 5) is 30.2. The fraction of sp³-hybridized carbons (Fsp3) is 0.444. The van der Waals surface area contributed by atoms with Gasteiger partial charge in [0.2, 0.25) is 11.8 Å². The molecule has 8 heteroatoms. The average molecular weight is 355 g/mol. The van der Waals surface area contributed by atoms with Crippen LogP contribution < -0.4 is 10.6 Å². The first kappa shape index (κ1) is 16.6. The molecule has 8 nitrogen and oxygen atoms in total. The van der Waals surface area contributed by atoms with Gasteiger partial charge < -0.3 is 20.1 Å². The minimum absolute atomic E-state index is 0.0328. The maximum Gasteiger partial charge on any atom is 0.317 e. The average Bonchev–Trinajstić information content (AvgIpc) is 3.09. The van der Waals surface area contributed by atoms with E-state index in [0.717, 1.165) is 18.4 Å². The normalized spacial score (nSPS) is 20.4. The second kappa shape index (κ2) is 7.15. The van der Waals surface area contributed by atoms with Crippen LogP contribution in [-0.4, -0.2) is 46.6 Å². The van der Waals surface area contributed by atoms with Crippen LogP contribution >= 0.6 is 0 Å². The number of rotatable bonds is 4. The number of carbonyl (C=O) groups is 2. The summed E-state index contributed by atoms with van der Waals surface area (Å²) in [5, 5.41) is 9.70. The second-order valence-corrected chi connectivity index (χ2v) is 6.72. The van der Waals surface area contributed by atoms with E-state index >= 15 is 0 Å². The summed E-state index contributed by atoms with van der Waals surface area (Å²) < 4.78 is 5.33. The quantitative estimate of drug-likeness (QED) is 0.863.